The maximum Gasteiger partial charge on any atom is 0.160 e. The Balaban J connectivity index is 1.07. The number of carbonyl (C=O) groups is 2. The maximum absolute atomic E-state index is 14.1. The Bertz CT molecular complexity index is 1840. The highest BCUT2D eigenvalue weighted by atomic mass is 16.5. The van der Waals surface area contributed by atoms with Crippen molar-refractivity contribution in [3.05, 3.63) is 65.2 Å². The van der Waals surface area contributed by atoms with Crippen molar-refractivity contribution in [2.75, 3.05) is 13.7 Å². The number of piperidine rings is 1. The molecule has 8 atom stereocenters. The first-order valence-corrected chi connectivity index (χ1v) is 18.9. The first kappa shape index (κ1) is 35.5. The molecule has 1 heterocycles. The molecule has 2 saturated carbocycles. The number of ether oxygens (including phenoxy) is 1. The Hall–Kier alpha value is -3.90. The SMILES string of the molecule is COc1cc2c(cc1O)C(CCC(O)c1ccc3cc(O)ccc3c1)C#CC1(CCC(CCC3CNC4CC(=O)CCC4C3)CC1O)C(=O)CC2. The highest BCUT2D eigenvalue weighted by molar-refractivity contribution is 5.89. The van der Waals surface area contributed by atoms with Crippen molar-refractivity contribution < 1.29 is 34.8 Å². The van der Waals surface area contributed by atoms with Gasteiger partial charge in [-0.3, -0.25) is 9.59 Å². The summed E-state index contributed by atoms with van der Waals surface area (Å²) in [5.41, 5.74) is 1.32. The number of aryl methyl sites for hydroxylation is 1. The molecule has 51 heavy (non-hydrogen) atoms. The minimum absolute atomic E-state index is 0.00266. The summed E-state index contributed by atoms with van der Waals surface area (Å²) < 4.78 is 5.43. The predicted molar refractivity (Wildman–Crippen MR) is 196 cm³/mol. The minimum atomic E-state index is -1.14. The van der Waals surface area contributed by atoms with E-state index in [2.05, 4.69) is 17.2 Å². The normalized spacial score (nSPS) is 29.9. The summed E-state index contributed by atoms with van der Waals surface area (Å²) in [6.45, 7) is 0.944. The number of aliphatic hydroxyl groups is 2. The lowest BCUT2D eigenvalue weighted by Crippen LogP contribution is -2.49. The number of rotatable bonds is 8. The van der Waals surface area contributed by atoms with Crippen LogP contribution >= 0.6 is 0 Å². The summed E-state index contributed by atoms with van der Waals surface area (Å²) in [4.78, 5) is 26.0. The van der Waals surface area contributed by atoms with Crippen molar-refractivity contribution >= 4 is 22.3 Å². The van der Waals surface area contributed by atoms with E-state index in [1.165, 1.54) is 7.11 Å². The zero-order valence-corrected chi connectivity index (χ0v) is 29.6. The molecule has 8 nitrogen and oxygen atoms in total. The highest BCUT2D eigenvalue weighted by Crippen LogP contribution is 2.45. The molecule has 1 spiro atoms. The van der Waals surface area contributed by atoms with Crippen LogP contribution in [0.1, 0.15) is 106 Å². The third-order valence-corrected chi connectivity index (χ3v) is 12.5. The third-order valence-electron chi connectivity index (χ3n) is 12.5. The van der Waals surface area contributed by atoms with Gasteiger partial charge in [-0.1, -0.05) is 36.5 Å². The fraction of sp³-hybridized carbons (Fsp3) is 0.535. The van der Waals surface area contributed by atoms with Crippen LogP contribution in [0.3, 0.4) is 0 Å². The second-order valence-corrected chi connectivity index (χ2v) is 15.7. The summed E-state index contributed by atoms with van der Waals surface area (Å²) in [5.74, 6) is 8.77. The molecule has 0 radical (unpaired) electrons. The lowest BCUT2D eigenvalue weighted by molar-refractivity contribution is -0.134. The Kier molecular flexibility index (Phi) is 10.4. The lowest BCUT2D eigenvalue weighted by atomic mass is 9.64. The van der Waals surface area contributed by atoms with E-state index in [0.717, 1.165) is 66.1 Å². The van der Waals surface area contributed by atoms with Crippen LogP contribution in [-0.2, 0) is 16.0 Å². The largest absolute Gasteiger partial charge is 0.508 e. The van der Waals surface area contributed by atoms with Gasteiger partial charge < -0.3 is 30.5 Å². The van der Waals surface area contributed by atoms with Crippen LogP contribution in [0, 0.1) is 35.0 Å². The second-order valence-electron chi connectivity index (χ2n) is 15.7. The number of benzene rings is 3. The van der Waals surface area contributed by atoms with Gasteiger partial charge in [-0.2, -0.15) is 0 Å². The number of ketones is 2. The number of Topliss-reactive ketones (excluding diaryl/α,β-unsaturated/α-hetero) is 2. The maximum atomic E-state index is 14.1. The summed E-state index contributed by atoms with van der Waals surface area (Å²) in [7, 11) is 1.50. The molecule has 3 fully saturated rings. The van der Waals surface area contributed by atoms with E-state index in [1.54, 1.807) is 24.3 Å². The number of phenolic OH excluding ortho intramolecular Hbond substituents is 2. The number of nitrogens with one attached hydrogen (secondary N) is 1. The monoisotopic (exact) mass is 693 g/mol. The number of methoxy groups -OCH3 is 1. The van der Waals surface area contributed by atoms with E-state index >= 15 is 0 Å². The van der Waals surface area contributed by atoms with Gasteiger partial charge in [-0.15, -0.1) is 0 Å². The molecule has 3 aliphatic carbocycles. The van der Waals surface area contributed by atoms with Crippen LogP contribution in [0.4, 0.5) is 0 Å². The van der Waals surface area contributed by atoms with E-state index in [-0.39, 0.29) is 29.6 Å². The Labute approximate surface area is 300 Å². The van der Waals surface area contributed by atoms with Gasteiger partial charge in [0, 0.05) is 31.2 Å². The summed E-state index contributed by atoms with van der Waals surface area (Å²) in [6.07, 6.45) is 7.45. The molecule has 4 aliphatic rings. The summed E-state index contributed by atoms with van der Waals surface area (Å²) >= 11 is 0. The van der Waals surface area contributed by atoms with Crippen molar-refractivity contribution in [2.45, 2.75) is 108 Å². The molecular formula is C43H51NO7. The van der Waals surface area contributed by atoms with Crippen molar-refractivity contribution in [1.82, 2.24) is 5.32 Å². The first-order valence-electron chi connectivity index (χ1n) is 18.9. The van der Waals surface area contributed by atoms with Gasteiger partial charge >= 0.3 is 0 Å². The highest BCUT2D eigenvalue weighted by Gasteiger charge is 2.47. The third kappa shape index (κ3) is 7.53. The average Bonchev–Trinajstić information content (AvgIpc) is 3.18. The van der Waals surface area contributed by atoms with Crippen LogP contribution in [-0.4, -0.2) is 57.8 Å². The zero-order valence-electron chi connectivity index (χ0n) is 29.6. The van der Waals surface area contributed by atoms with Crippen molar-refractivity contribution in [3.63, 3.8) is 0 Å². The van der Waals surface area contributed by atoms with E-state index in [4.69, 9.17) is 4.74 Å². The van der Waals surface area contributed by atoms with Gasteiger partial charge in [-0.05, 0) is 140 Å². The number of hydrogen-bond donors (Lipinski definition) is 5. The van der Waals surface area contributed by atoms with Crippen molar-refractivity contribution in [2.24, 2.45) is 23.2 Å². The topological polar surface area (TPSA) is 136 Å². The molecule has 0 bridgehead atoms. The standard InChI is InChI=1S/C43H51NO7/c1-51-40-22-31-9-13-41(49)43(16-14-26(19-42(43)50)2-3-27-18-32-7-11-35(46)23-37(32)44-25-27)17-15-28(36(31)24-39(40)48)8-12-38(47)33-5-4-30-21-34(45)10-6-29(30)20-33/h4-6,10,20-22,24,26-28,32,37-38,42,44-45,47-48,50H,2-3,7-9,11-14,16,18-19,23,25H2,1H3. The molecule has 8 heteroatoms. The van der Waals surface area contributed by atoms with Gasteiger partial charge in [0.2, 0.25) is 0 Å². The smallest absolute Gasteiger partial charge is 0.160 e. The molecule has 1 saturated heterocycles. The second kappa shape index (κ2) is 15.0. The molecular weight excluding hydrogens is 642 g/mol. The average molecular weight is 694 g/mol. The van der Waals surface area contributed by atoms with Gasteiger partial charge in [0.05, 0.1) is 19.3 Å². The fourth-order valence-electron chi connectivity index (χ4n) is 9.41. The number of aromatic hydroxyl groups is 2. The Morgan fingerprint density at radius 2 is 1.75 bits per heavy atom. The van der Waals surface area contributed by atoms with Gasteiger partial charge in [0.15, 0.2) is 17.3 Å². The van der Waals surface area contributed by atoms with Gasteiger partial charge in [0.1, 0.15) is 16.9 Å². The number of phenols is 2. The van der Waals surface area contributed by atoms with Crippen LogP contribution < -0.4 is 10.1 Å². The van der Waals surface area contributed by atoms with Gasteiger partial charge in [0.25, 0.3) is 0 Å². The number of fused-ring (bicyclic) bond motifs is 3. The van der Waals surface area contributed by atoms with Crippen LogP contribution in [0.25, 0.3) is 10.8 Å². The lowest BCUT2D eigenvalue weighted by Gasteiger charge is -2.42. The predicted octanol–water partition coefficient (Wildman–Crippen LogP) is 6.65. The first-order chi connectivity index (χ1) is 24.6. The molecule has 270 valence electrons. The Morgan fingerprint density at radius 1 is 0.941 bits per heavy atom. The minimum Gasteiger partial charge on any atom is -0.508 e. The van der Waals surface area contributed by atoms with Crippen molar-refractivity contribution in [3.8, 4) is 29.1 Å². The van der Waals surface area contributed by atoms with Crippen molar-refractivity contribution in [1.29, 1.82) is 0 Å². The van der Waals surface area contributed by atoms with Crippen LogP contribution in [0.5, 0.6) is 17.2 Å². The van der Waals surface area contributed by atoms with Crippen LogP contribution in [0.15, 0.2) is 48.5 Å². The van der Waals surface area contributed by atoms with Gasteiger partial charge in [-0.25, -0.2) is 0 Å². The van der Waals surface area contributed by atoms with Crippen LogP contribution in [0.2, 0.25) is 0 Å². The Morgan fingerprint density at radius 3 is 2.57 bits per heavy atom. The van der Waals surface area contributed by atoms with E-state index in [0.29, 0.717) is 80.3 Å². The number of carbonyl (C=O) groups excluding carboxylic acids is 2. The summed E-state index contributed by atoms with van der Waals surface area (Å²) in [6, 6.07) is 14.7. The van der Waals surface area contributed by atoms with E-state index < -0.39 is 17.6 Å². The molecule has 3 aromatic carbocycles. The molecule has 5 N–H and O–H groups in total. The molecule has 3 aromatic rings. The quantitative estimate of drug-likeness (QED) is 0.166. The molecule has 0 aromatic heterocycles. The number of aliphatic hydroxyl groups excluding tert-OH is 2. The number of hydrogen-bond acceptors (Lipinski definition) is 8. The molecule has 1 aliphatic heterocycles. The fourth-order valence-corrected chi connectivity index (χ4v) is 9.41. The van der Waals surface area contributed by atoms with E-state index in [9.17, 15) is 30.0 Å². The van der Waals surface area contributed by atoms with E-state index in [1.807, 2.05) is 24.3 Å². The summed E-state index contributed by atoms with van der Waals surface area (Å²) in [5, 5.41) is 49.2. The molecule has 0 amide bonds. The molecule has 8 unspecified atom stereocenters. The molecule has 7 rings (SSSR count). The zero-order chi connectivity index (χ0) is 35.7.